The van der Waals surface area contributed by atoms with Crippen LogP contribution in [-0.2, 0) is 6.42 Å². The quantitative estimate of drug-likeness (QED) is 0.800. The maximum absolute atomic E-state index is 9.39. The number of nitrogens with one attached hydrogen (secondary N) is 1. The van der Waals surface area contributed by atoms with Gasteiger partial charge in [0.1, 0.15) is 18.0 Å². The second kappa shape index (κ2) is 8.70. The third kappa shape index (κ3) is 4.75. The summed E-state index contributed by atoms with van der Waals surface area (Å²) in [7, 11) is 0. The molecule has 5 nitrogen and oxygen atoms in total. The average Bonchev–Trinajstić information content (AvgIpc) is 2.64. The van der Waals surface area contributed by atoms with Crippen molar-refractivity contribution >= 4 is 34.8 Å². The number of piperidine rings is 1. The van der Waals surface area contributed by atoms with Crippen LogP contribution < -0.4 is 10.2 Å². The molecule has 0 saturated carbocycles. The molecule has 7 heteroatoms. The van der Waals surface area contributed by atoms with Crippen molar-refractivity contribution in [1.82, 2.24) is 9.97 Å². The van der Waals surface area contributed by atoms with Crippen LogP contribution in [0.4, 0.5) is 11.6 Å². The zero-order chi connectivity index (χ0) is 17.6. The Kier molecular flexibility index (Phi) is 6.34. The number of rotatable bonds is 6. The van der Waals surface area contributed by atoms with E-state index in [9.17, 15) is 5.11 Å². The highest BCUT2D eigenvalue weighted by molar-refractivity contribution is 6.35. The third-order valence-corrected chi connectivity index (χ3v) is 5.20. The SMILES string of the molecule is OCC1CCCN(c2cc(NCCc3c(Cl)cccc3Cl)ncn2)C1. The number of aliphatic hydroxyl groups excluding tert-OH is 1. The van der Waals surface area contributed by atoms with E-state index in [0.29, 0.717) is 28.9 Å². The van der Waals surface area contributed by atoms with E-state index in [-0.39, 0.29) is 6.61 Å². The Hall–Kier alpha value is -1.56. The molecule has 0 spiro atoms. The van der Waals surface area contributed by atoms with E-state index in [1.807, 2.05) is 24.3 Å². The molecule has 0 aliphatic carbocycles. The molecule has 2 aromatic rings. The van der Waals surface area contributed by atoms with Crippen LogP contribution in [0.5, 0.6) is 0 Å². The highest BCUT2D eigenvalue weighted by Crippen LogP contribution is 2.25. The predicted octanol–water partition coefficient (Wildman–Crippen LogP) is 3.65. The summed E-state index contributed by atoms with van der Waals surface area (Å²) in [6.45, 7) is 2.70. The molecule has 1 aliphatic rings. The van der Waals surface area contributed by atoms with Crippen LogP contribution in [0.2, 0.25) is 10.0 Å². The molecule has 1 atom stereocenters. The van der Waals surface area contributed by atoms with Gasteiger partial charge in [-0.3, -0.25) is 0 Å². The highest BCUT2D eigenvalue weighted by Gasteiger charge is 2.20. The predicted molar refractivity (Wildman–Crippen MR) is 103 cm³/mol. The van der Waals surface area contributed by atoms with Crippen LogP contribution in [0, 0.1) is 5.92 Å². The second-order valence-electron chi connectivity index (χ2n) is 6.28. The lowest BCUT2D eigenvalue weighted by Crippen LogP contribution is -2.37. The first-order chi connectivity index (χ1) is 12.2. The van der Waals surface area contributed by atoms with E-state index in [0.717, 1.165) is 43.1 Å². The zero-order valence-corrected chi connectivity index (χ0v) is 15.5. The first kappa shape index (κ1) is 18.2. The molecule has 1 saturated heterocycles. The lowest BCUT2D eigenvalue weighted by atomic mass is 9.99. The zero-order valence-electron chi connectivity index (χ0n) is 14.0. The minimum Gasteiger partial charge on any atom is -0.396 e. The summed E-state index contributed by atoms with van der Waals surface area (Å²) in [5, 5.41) is 14.1. The van der Waals surface area contributed by atoms with E-state index < -0.39 is 0 Å². The summed E-state index contributed by atoms with van der Waals surface area (Å²) >= 11 is 12.4. The Morgan fingerprint density at radius 1 is 1.24 bits per heavy atom. The van der Waals surface area contributed by atoms with E-state index in [2.05, 4.69) is 20.2 Å². The summed E-state index contributed by atoms with van der Waals surface area (Å²) in [6, 6.07) is 7.49. The van der Waals surface area contributed by atoms with Gasteiger partial charge in [0.2, 0.25) is 0 Å². The third-order valence-electron chi connectivity index (χ3n) is 4.50. The van der Waals surface area contributed by atoms with Gasteiger partial charge in [-0.25, -0.2) is 9.97 Å². The first-order valence-electron chi connectivity index (χ1n) is 8.52. The smallest absolute Gasteiger partial charge is 0.134 e. The van der Waals surface area contributed by atoms with Gasteiger partial charge in [-0.05, 0) is 42.9 Å². The summed E-state index contributed by atoms with van der Waals surface area (Å²) in [6.07, 6.45) is 4.43. The summed E-state index contributed by atoms with van der Waals surface area (Å²) in [5.41, 5.74) is 0.939. The van der Waals surface area contributed by atoms with Crippen molar-refractivity contribution in [2.45, 2.75) is 19.3 Å². The Balaban J connectivity index is 1.60. The van der Waals surface area contributed by atoms with Crippen molar-refractivity contribution in [3.05, 3.63) is 46.2 Å². The maximum Gasteiger partial charge on any atom is 0.134 e. The molecule has 0 bridgehead atoms. The van der Waals surface area contributed by atoms with Crippen molar-refractivity contribution in [1.29, 1.82) is 0 Å². The van der Waals surface area contributed by atoms with Gasteiger partial charge < -0.3 is 15.3 Å². The first-order valence-corrected chi connectivity index (χ1v) is 9.27. The van der Waals surface area contributed by atoms with Crippen LogP contribution in [0.3, 0.4) is 0 Å². The number of hydrogen-bond acceptors (Lipinski definition) is 5. The molecular formula is C18H22Cl2N4O. The molecule has 2 N–H and O–H groups in total. The number of aliphatic hydroxyl groups is 1. The van der Waals surface area contributed by atoms with Gasteiger partial charge in [0.05, 0.1) is 0 Å². The van der Waals surface area contributed by atoms with Crippen molar-refractivity contribution in [2.24, 2.45) is 5.92 Å². The summed E-state index contributed by atoms with van der Waals surface area (Å²) in [5.74, 6) is 1.99. The van der Waals surface area contributed by atoms with Crippen LogP contribution in [0.1, 0.15) is 18.4 Å². The van der Waals surface area contributed by atoms with Crippen LogP contribution in [-0.4, -0.2) is 41.3 Å². The molecule has 134 valence electrons. The lowest BCUT2D eigenvalue weighted by molar-refractivity contribution is 0.208. The van der Waals surface area contributed by atoms with Crippen molar-refractivity contribution < 1.29 is 5.11 Å². The normalized spacial score (nSPS) is 17.6. The van der Waals surface area contributed by atoms with Gasteiger partial charge in [-0.15, -0.1) is 0 Å². The fraction of sp³-hybridized carbons (Fsp3) is 0.444. The maximum atomic E-state index is 9.39. The molecule has 1 fully saturated rings. The van der Waals surface area contributed by atoms with E-state index in [1.165, 1.54) is 0 Å². The van der Waals surface area contributed by atoms with Gasteiger partial charge >= 0.3 is 0 Å². The molecule has 25 heavy (non-hydrogen) atoms. The van der Waals surface area contributed by atoms with Crippen molar-refractivity contribution in [2.75, 3.05) is 36.5 Å². The molecule has 2 heterocycles. The number of aromatic nitrogens is 2. The monoisotopic (exact) mass is 380 g/mol. The number of benzene rings is 1. The molecule has 0 radical (unpaired) electrons. The Morgan fingerprint density at radius 2 is 2.04 bits per heavy atom. The largest absolute Gasteiger partial charge is 0.396 e. The van der Waals surface area contributed by atoms with E-state index in [1.54, 1.807) is 6.33 Å². The standard InChI is InChI=1S/C18H22Cl2N4O/c19-15-4-1-5-16(20)14(15)6-7-21-17-9-18(23-12-22-17)24-8-2-3-13(10-24)11-25/h1,4-5,9,12-13,25H,2-3,6-8,10-11H2,(H,21,22,23). The van der Waals surface area contributed by atoms with Crippen LogP contribution >= 0.6 is 23.2 Å². The summed E-state index contributed by atoms with van der Waals surface area (Å²) < 4.78 is 0. The Labute approximate surface area is 158 Å². The molecule has 1 aliphatic heterocycles. The number of hydrogen-bond donors (Lipinski definition) is 2. The van der Waals surface area contributed by atoms with Gasteiger partial charge in [0.15, 0.2) is 0 Å². The summed E-state index contributed by atoms with van der Waals surface area (Å²) in [4.78, 5) is 10.9. The molecule has 1 unspecified atom stereocenters. The fourth-order valence-corrected chi connectivity index (χ4v) is 3.71. The topological polar surface area (TPSA) is 61.3 Å². The molecule has 0 amide bonds. The molecule has 1 aromatic carbocycles. The number of halogens is 2. The lowest BCUT2D eigenvalue weighted by Gasteiger charge is -2.32. The number of anilines is 2. The average molecular weight is 381 g/mol. The minimum atomic E-state index is 0.227. The highest BCUT2D eigenvalue weighted by atomic mass is 35.5. The fourth-order valence-electron chi connectivity index (χ4n) is 3.13. The minimum absolute atomic E-state index is 0.227. The molecule has 3 rings (SSSR count). The van der Waals surface area contributed by atoms with E-state index >= 15 is 0 Å². The van der Waals surface area contributed by atoms with Crippen LogP contribution in [0.15, 0.2) is 30.6 Å². The molecular weight excluding hydrogens is 359 g/mol. The number of nitrogens with zero attached hydrogens (tertiary/aromatic N) is 3. The Morgan fingerprint density at radius 3 is 2.80 bits per heavy atom. The second-order valence-corrected chi connectivity index (χ2v) is 7.09. The van der Waals surface area contributed by atoms with E-state index in [4.69, 9.17) is 23.2 Å². The van der Waals surface area contributed by atoms with Gasteiger partial charge in [0.25, 0.3) is 0 Å². The van der Waals surface area contributed by atoms with Crippen LogP contribution in [0.25, 0.3) is 0 Å². The van der Waals surface area contributed by atoms with Gasteiger partial charge in [-0.2, -0.15) is 0 Å². The van der Waals surface area contributed by atoms with Crippen molar-refractivity contribution in [3.8, 4) is 0 Å². The van der Waals surface area contributed by atoms with Gasteiger partial charge in [-0.1, -0.05) is 29.3 Å². The molecule has 1 aromatic heterocycles. The van der Waals surface area contributed by atoms with Crippen molar-refractivity contribution in [3.63, 3.8) is 0 Å². The Bertz CT molecular complexity index is 693. The van der Waals surface area contributed by atoms with Gasteiger partial charge in [0, 0.05) is 42.4 Å².